The highest BCUT2D eigenvalue weighted by Gasteiger charge is 2.30. The standard InChI is InChI=1S/C22H27ClN2O2/c1-4-21(26)25(15-18-12-8-9-13-19(18)23)20(22(27)24-16(2)3)14-17-10-6-5-7-11-17/h5-13,16,20H,4,14-15H2,1-3H3,(H,24,27). The summed E-state index contributed by atoms with van der Waals surface area (Å²) in [5.74, 6) is -0.225. The molecule has 0 saturated carbocycles. The van der Waals surface area contributed by atoms with Crippen LogP contribution in [0.4, 0.5) is 0 Å². The molecule has 2 aromatic rings. The third-order valence-corrected chi connectivity index (χ3v) is 4.67. The van der Waals surface area contributed by atoms with E-state index < -0.39 is 6.04 Å². The summed E-state index contributed by atoms with van der Waals surface area (Å²) in [5, 5.41) is 3.55. The summed E-state index contributed by atoms with van der Waals surface area (Å²) in [4.78, 5) is 27.4. The summed E-state index contributed by atoms with van der Waals surface area (Å²) in [6.45, 7) is 5.94. The van der Waals surface area contributed by atoms with Crippen molar-refractivity contribution in [2.75, 3.05) is 0 Å². The minimum absolute atomic E-state index is 0.00494. The number of hydrogen-bond acceptors (Lipinski definition) is 2. The molecule has 0 saturated heterocycles. The van der Waals surface area contributed by atoms with Crippen LogP contribution in [0.25, 0.3) is 0 Å². The van der Waals surface area contributed by atoms with Crippen LogP contribution in [0.15, 0.2) is 54.6 Å². The van der Waals surface area contributed by atoms with E-state index in [1.54, 1.807) is 11.0 Å². The van der Waals surface area contributed by atoms with E-state index in [4.69, 9.17) is 11.6 Å². The molecule has 5 heteroatoms. The van der Waals surface area contributed by atoms with Crippen LogP contribution >= 0.6 is 11.6 Å². The number of hydrogen-bond donors (Lipinski definition) is 1. The molecule has 2 rings (SSSR count). The van der Waals surface area contributed by atoms with Gasteiger partial charge in [-0.2, -0.15) is 0 Å². The Hall–Kier alpha value is -2.33. The van der Waals surface area contributed by atoms with E-state index in [9.17, 15) is 9.59 Å². The van der Waals surface area contributed by atoms with Gasteiger partial charge in [0.2, 0.25) is 11.8 Å². The Bertz CT molecular complexity index is 762. The molecule has 0 radical (unpaired) electrons. The van der Waals surface area contributed by atoms with Crippen LogP contribution in [0.3, 0.4) is 0 Å². The lowest BCUT2D eigenvalue weighted by atomic mass is 10.0. The normalized spacial score (nSPS) is 11.9. The van der Waals surface area contributed by atoms with Gasteiger partial charge in [0.05, 0.1) is 0 Å². The van der Waals surface area contributed by atoms with Crippen molar-refractivity contribution in [1.29, 1.82) is 0 Å². The Morgan fingerprint density at radius 3 is 2.26 bits per heavy atom. The molecule has 4 nitrogen and oxygen atoms in total. The minimum Gasteiger partial charge on any atom is -0.352 e. The Labute approximate surface area is 166 Å². The summed E-state index contributed by atoms with van der Waals surface area (Å²) >= 11 is 6.31. The first kappa shape index (κ1) is 21.0. The molecule has 0 spiro atoms. The summed E-state index contributed by atoms with van der Waals surface area (Å²) in [6.07, 6.45) is 0.778. The fourth-order valence-corrected chi connectivity index (χ4v) is 3.14. The van der Waals surface area contributed by atoms with Crippen LogP contribution in [-0.4, -0.2) is 28.8 Å². The number of halogens is 1. The molecule has 0 aliphatic rings. The number of carbonyl (C=O) groups is 2. The van der Waals surface area contributed by atoms with Gasteiger partial charge >= 0.3 is 0 Å². The van der Waals surface area contributed by atoms with E-state index in [2.05, 4.69) is 5.32 Å². The maximum absolute atomic E-state index is 13.0. The molecule has 1 N–H and O–H groups in total. The van der Waals surface area contributed by atoms with Crippen molar-refractivity contribution in [3.8, 4) is 0 Å². The SMILES string of the molecule is CCC(=O)N(Cc1ccccc1Cl)C(Cc1ccccc1)C(=O)NC(C)C. The molecule has 1 atom stereocenters. The Kier molecular flexibility index (Phi) is 7.86. The van der Waals surface area contributed by atoms with E-state index in [1.807, 2.05) is 69.3 Å². The number of carbonyl (C=O) groups excluding carboxylic acids is 2. The van der Waals surface area contributed by atoms with Crippen LogP contribution in [0.1, 0.15) is 38.3 Å². The van der Waals surface area contributed by atoms with Crippen LogP contribution < -0.4 is 5.32 Å². The molecule has 144 valence electrons. The molecule has 0 fully saturated rings. The van der Waals surface area contributed by atoms with Gasteiger partial charge in [-0.15, -0.1) is 0 Å². The largest absolute Gasteiger partial charge is 0.352 e. The Morgan fingerprint density at radius 1 is 1.04 bits per heavy atom. The molecule has 2 amide bonds. The molecule has 0 bridgehead atoms. The van der Waals surface area contributed by atoms with Gasteiger partial charge in [-0.3, -0.25) is 9.59 Å². The van der Waals surface area contributed by atoms with Gasteiger partial charge in [0.15, 0.2) is 0 Å². The van der Waals surface area contributed by atoms with Gasteiger partial charge in [-0.1, -0.05) is 67.1 Å². The van der Waals surface area contributed by atoms with E-state index in [-0.39, 0.29) is 17.9 Å². The summed E-state index contributed by atoms with van der Waals surface area (Å²) < 4.78 is 0. The molecule has 0 aliphatic carbocycles. The number of nitrogens with zero attached hydrogens (tertiary/aromatic N) is 1. The van der Waals surface area contributed by atoms with Gasteiger partial charge in [0.25, 0.3) is 0 Å². The quantitative estimate of drug-likeness (QED) is 0.738. The highest BCUT2D eigenvalue weighted by Crippen LogP contribution is 2.21. The summed E-state index contributed by atoms with van der Waals surface area (Å²) in [6, 6.07) is 16.6. The average Bonchev–Trinajstić information content (AvgIpc) is 2.65. The van der Waals surface area contributed by atoms with E-state index in [1.165, 1.54) is 0 Å². The first-order valence-electron chi connectivity index (χ1n) is 9.29. The second-order valence-corrected chi connectivity index (χ2v) is 7.24. The van der Waals surface area contributed by atoms with Crippen molar-refractivity contribution in [3.63, 3.8) is 0 Å². The molecular formula is C22H27ClN2O2. The predicted molar refractivity (Wildman–Crippen MR) is 110 cm³/mol. The third-order valence-electron chi connectivity index (χ3n) is 4.30. The number of nitrogens with one attached hydrogen (secondary N) is 1. The molecule has 0 aliphatic heterocycles. The van der Waals surface area contributed by atoms with Crippen molar-refractivity contribution >= 4 is 23.4 Å². The number of rotatable bonds is 8. The average molecular weight is 387 g/mol. The molecule has 27 heavy (non-hydrogen) atoms. The summed E-state index contributed by atoms with van der Waals surface area (Å²) in [5.41, 5.74) is 1.84. The second-order valence-electron chi connectivity index (χ2n) is 6.84. The van der Waals surface area contributed by atoms with E-state index >= 15 is 0 Å². The van der Waals surface area contributed by atoms with Crippen molar-refractivity contribution in [1.82, 2.24) is 10.2 Å². The van der Waals surface area contributed by atoms with Crippen molar-refractivity contribution in [3.05, 3.63) is 70.7 Å². The lowest BCUT2D eigenvalue weighted by Crippen LogP contribution is -2.51. The summed E-state index contributed by atoms with van der Waals surface area (Å²) in [7, 11) is 0. The van der Waals surface area contributed by atoms with Crippen LogP contribution in [0.2, 0.25) is 5.02 Å². The first-order valence-corrected chi connectivity index (χ1v) is 9.67. The van der Waals surface area contributed by atoms with Crippen molar-refractivity contribution < 1.29 is 9.59 Å². The predicted octanol–water partition coefficient (Wildman–Crippen LogP) is 4.21. The Morgan fingerprint density at radius 2 is 1.67 bits per heavy atom. The lowest BCUT2D eigenvalue weighted by molar-refractivity contribution is -0.141. The smallest absolute Gasteiger partial charge is 0.243 e. The van der Waals surface area contributed by atoms with E-state index in [0.29, 0.717) is 24.4 Å². The van der Waals surface area contributed by atoms with Gasteiger partial charge in [0.1, 0.15) is 6.04 Å². The molecule has 2 aromatic carbocycles. The number of amides is 2. The highest BCUT2D eigenvalue weighted by molar-refractivity contribution is 6.31. The van der Waals surface area contributed by atoms with Crippen molar-refractivity contribution in [2.24, 2.45) is 0 Å². The first-order chi connectivity index (χ1) is 12.9. The van der Waals surface area contributed by atoms with Crippen LogP contribution in [-0.2, 0) is 22.6 Å². The van der Waals surface area contributed by atoms with Crippen LogP contribution in [0, 0.1) is 0 Å². The highest BCUT2D eigenvalue weighted by atomic mass is 35.5. The lowest BCUT2D eigenvalue weighted by Gasteiger charge is -2.32. The Balaban J connectivity index is 2.37. The maximum Gasteiger partial charge on any atom is 0.243 e. The minimum atomic E-state index is -0.599. The molecule has 0 aromatic heterocycles. The molecule has 1 unspecified atom stereocenters. The van der Waals surface area contributed by atoms with E-state index in [0.717, 1.165) is 11.1 Å². The zero-order valence-electron chi connectivity index (χ0n) is 16.1. The fourth-order valence-electron chi connectivity index (χ4n) is 2.95. The monoisotopic (exact) mass is 386 g/mol. The second kappa shape index (κ2) is 10.1. The molecular weight excluding hydrogens is 360 g/mol. The van der Waals surface area contributed by atoms with Gasteiger partial charge in [-0.25, -0.2) is 0 Å². The van der Waals surface area contributed by atoms with Crippen LogP contribution in [0.5, 0.6) is 0 Å². The van der Waals surface area contributed by atoms with Gasteiger partial charge in [0, 0.05) is 30.5 Å². The maximum atomic E-state index is 13.0. The van der Waals surface area contributed by atoms with Crippen molar-refractivity contribution in [2.45, 2.75) is 52.2 Å². The zero-order valence-corrected chi connectivity index (χ0v) is 16.9. The van der Waals surface area contributed by atoms with Gasteiger partial charge < -0.3 is 10.2 Å². The van der Waals surface area contributed by atoms with Gasteiger partial charge in [-0.05, 0) is 31.0 Å². The zero-order chi connectivity index (χ0) is 19.8. The molecule has 0 heterocycles. The third kappa shape index (κ3) is 6.10. The topological polar surface area (TPSA) is 49.4 Å². The fraction of sp³-hybridized carbons (Fsp3) is 0.364. The number of benzene rings is 2.